The van der Waals surface area contributed by atoms with E-state index >= 15 is 0 Å². The van der Waals surface area contributed by atoms with Gasteiger partial charge in [-0.1, -0.05) is 24.3 Å². The minimum Gasteiger partial charge on any atom is -0.389 e. The molecule has 0 amide bonds. The molecule has 76 valence electrons. The summed E-state index contributed by atoms with van der Waals surface area (Å²) in [6.07, 6.45) is 10.2. The predicted molar refractivity (Wildman–Crippen MR) is 56.8 cm³/mol. The molecule has 1 N–H and O–H groups in total. The van der Waals surface area contributed by atoms with E-state index in [0.29, 0.717) is 5.41 Å². The van der Waals surface area contributed by atoms with Crippen molar-refractivity contribution in [3.05, 3.63) is 24.3 Å². The lowest BCUT2D eigenvalue weighted by molar-refractivity contribution is 0.0298. The van der Waals surface area contributed by atoms with E-state index in [-0.39, 0.29) is 6.10 Å². The Bertz CT molecular complexity index is 304. The number of hydrogen-bond acceptors (Lipinski definition) is 1. The second-order valence-electron chi connectivity index (χ2n) is 5.40. The number of fused-ring (bicyclic) bond motifs is 2. The molecule has 1 nitrogen and oxygen atoms in total. The van der Waals surface area contributed by atoms with Gasteiger partial charge in [-0.25, -0.2) is 0 Å². The van der Waals surface area contributed by atoms with Gasteiger partial charge in [0.15, 0.2) is 0 Å². The zero-order valence-corrected chi connectivity index (χ0v) is 8.58. The second kappa shape index (κ2) is 2.73. The van der Waals surface area contributed by atoms with Crippen LogP contribution >= 0.6 is 0 Å². The summed E-state index contributed by atoms with van der Waals surface area (Å²) in [7, 11) is 0. The van der Waals surface area contributed by atoms with Crippen LogP contribution in [0.2, 0.25) is 0 Å². The first kappa shape index (κ1) is 8.72. The standard InChI is InChI=1S/C13H18O/c1-9-8-13-4-2-10(9)6-11(13)7-12(14)3-5-13/h3,5,10-12,14H,1-2,4,6-8H2/t10-,11-,12+,13+/m0/s1. The van der Waals surface area contributed by atoms with Gasteiger partial charge < -0.3 is 5.11 Å². The maximum absolute atomic E-state index is 9.63. The van der Waals surface area contributed by atoms with Crippen LogP contribution in [0, 0.1) is 17.3 Å². The highest BCUT2D eigenvalue weighted by Crippen LogP contribution is 2.59. The zero-order valence-electron chi connectivity index (χ0n) is 8.58. The Morgan fingerprint density at radius 3 is 3.07 bits per heavy atom. The molecule has 0 heterocycles. The fourth-order valence-electron chi connectivity index (χ4n) is 3.80. The maximum atomic E-state index is 9.63. The molecule has 2 bridgehead atoms. The van der Waals surface area contributed by atoms with Crippen molar-refractivity contribution < 1.29 is 5.11 Å². The minimum atomic E-state index is -0.182. The molecule has 1 heteroatoms. The van der Waals surface area contributed by atoms with E-state index in [4.69, 9.17) is 0 Å². The second-order valence-corrected chi connectivity index (χ2v) is 5.40. The lowest BCUT2D eigenvalue weighted by Crippen LogP contribution is -2.45. The molecule has 4 aliphatic rings. The van der Waals surface area contributed by atoms with Crippen LogP contribution in [0.25, 0.3) is 0 Å². The van der Waals surface area contributed by atoms with Crippen molar-refractivity contribution in [3.8, 4) is 0 Å². The summed E-state index contributed by atoms with van der Waals surface area (Å²) in [5.74, 6) is 1.49. The number of aliphatic hydroxyl groups excluding tert-OH is 1. The van der Waals surface area contributed by atoms with Gasteiger partial charge in [-0.15, -0.1) is 0 Å². The quantitative estimate of drug-likeness (QED) is 0.582. The van der Waals surface area contributed by atoms with Crippen molar-refractivity contribution in [2.24, 2.45) is 17.3 Å². The highest BCUT2D eigenvalue weighted by Gasteiger charge is 2.49. The monoisotopic (exact) mass is 190 g/mol. The van der Waals surface area contributed by atoms with E-state index in [1.165, 1.54) is 31.3 Å². The van der Waals surface area contributed by atoms with E-state index in [1.807, 2.05) is 6.08 Å². The largest absolute Gasteiger partial charge is 0.389 e. The van der Waals surface area contributed by atoms with Crippen LogP contribution in [0.15, 0.2) is 24.3 Å². The number of hydrogen-bond donors (Lipinski definition) is 1. The SMILES string of the molecule is C=C1C[C@@]23C=C[C@@H](O)C[C@@H]2C[C@@H]1CC3. The van der Waals surface area contributed by atoms with Gasteiger partial charge in [0.05, 0.1) is 6.10 Å². The van der Waals surface area contributed by atoms with Gasteiger partial charge in [0, 0.05) is 0 Å². The molecule has 0 radical (unpaired) electrons. The van der Waals surface area contributed by atoms with Crippen molar-refractivity contribution in [2.75, 3.05) is 0 Å². The summed E-state index contributed by atoms with van der Waals surface area (Å²) in [6.45, 7) is 4.21. The molecule has 0 aromatic heterocycles. The number of rotatable bonds is 0. The molecule has 1 spiro atoms. The maximum Gasteiger partial charge on any atom is 0.0724 e. The minimum absolute atomic E-state index is 0.182. The van der Waals surface area contributed by atoms with Gasteiger partial charge in [0.25, 0.3) is 0 Å². The van der Waals surface area contributed by atoms with Crippen molar-refractivity contribution in [3.63, 3.8) is 0 Å². The van der Waals surface area contributed by atoms with Crippen LogP contribution < -0.4 is 0 Å². The highest BCUT2D eigenvalue weighted by atomic mass is 16.3. The summed E-state index contributed by atoms with van der Waals surface area (Å²) < 4.78 is 0. The molecule has 14 heavy (non-hydrogen) atoms. The first-order chi connectivity index (χ1) is 6.70. The van der Waals surface area contributed by atoms with Crippen LogP contribution in [-0.2, 0) is 0 Å². The molecule has 0 unspecified atom stereocenters. The van der Waals surface area contributed by atoms with Crippen molar-refractivity contribution in [1.29, 1.82) is 0 Å². The fourth-order valence-corrected chi connectivity index (χ4v) is 3.80. The van der Waals surface area contributed by atoms with Crippen LogP contribution in [0.1, 0.15) is 32.1 Å². The molecular formula is C13H18O. The topological polar surface area (TPSA) is 20.2 Å². The van der Waals surface area contributed by atoms with Gasteiger partial charge in [-0.05, 0) is 49.4 Å². The summed E-state index contributed by atoms with van der Waals surface area (Å²) in [5, 5.41) is 9.63. The van der Waals surface area contributed by atoms with E-state index in [0.717, 1.165) is 18.3 Å². The molecule has 3 saturated carbocycles. The summed E-state index contributed by atoms with van der Waals surface area (Å²) >= 11 is 0. The lowest BCUT2D eigenvalue weighted by atomic mass is 9.51. The molecule has 4 aliphatic carbocycles. The van der Waals surface area contributed by atoms with Gasteiger partial charge in [-0.2, -0.15) is 0 Å². The Morgan fingerprint density at radius 1 is 1.43 bits per heavy atom. The third kappa shape index (κ3) is 1.05. The summed E-state index contributed by atoms with van der Waals surface area (Å²) in [4.78, 5) is 0. The normalized spacial score (nSPS) is 50.6. The van der Waals surface area contributed by atoms with Gasteiger partial charge in [-0.3, -0.25) is 0 Å². The highest BCUT2D eigenvalue weighted by molar-refractivity contribution is 5.24. The Kier molecular flexibility index (Phi) is 1.70. The first-order valence-corrected chi connectivity index (χ1v) is 5.75. The molecule has 0 aromatic rings. The van der Waals surface area contributed by atoms with E-state index in [2.05, 4.69) is 12.7 Å². The lowest BCUT2D eigenvalue weighted by Gasteiger charge is -2.54. The fraction of sp³-hybridized carbons (Fsp3) is 0.692. The van der Waals surface area contributed by atoms with Crippen LogP contribution in [0.5, 0.6) is 0 Å². The van der Waals surface area contributed by atoms with E-state index in [9.17, 15) is 5.11 Å². The van der Waals surface area contributed by atoms with Crippen molar-refractivity contribution >= 4 is 0 Å². The zero-order chi connectivity index (χ0) is 9.76. The Hall–Kier alpha value is -0.560. The number of allylic oxidation sites excluding steroid dienone is 2. The molecule has 4 atom stereocenters. The molecule has 3 fully saturated rings. The number of aliphatic hydroxyl groups is 1. The van der Waals surface area contributed by atoms with Crippen LogP contribution in [0.4, 0.5) is 0 Å². The average Bonchev–Trinajstić information content (AvgIpc) is 2.17. The molecule has 0 aromatic carbocycles. The Labute approximate surface area is 85.5 Å². The van der Waals surface area contributed by atoms with Gasteiger partial charge in [0.2, 0.25) is 0 Å². The predicted octanol–water partition coefficient (Wildman–Crippen LogP) is 2.67. The van der Waals surface area contributed by atoms with E-state index in [1.54, 1.807) is 0 Å². The molecule has 0 aliphatic heterocycles. The summed E-state index contributed by atoms with van der Waals surface area (Å²) in [6, 6.07) is 0. The summed E-state index contributed by atoms with van der Waals surface area (Å²) in [5.41, 5.74) is 1.86. The Balaban J connectivity index is 1.98. The van der Waals surface area contributed by atoms with Gasteiger partial charge in [0.1, 0.15) is 0 Å². The molecule has 4 rings (SSSR count). The van der Waals surface area contributed by atoms with E-state index < -0.39 is 0 Å². The average molecular weight is 190 g/mol. The van der Waals surface area contributed by atoms with Crippen LogP contribution in [-0.4, -0.2) is 11.2 Å². The smallest absolute Gasteiger partial charge is 0.0724 e. The third-order valence-electron chi connectivity index (χ3n) is 4.65. The Morgan fingerprint density at radius 2 is 2.29 bits per heavy atom. The van der Waals surface area contributed by atoms with Crippen LogP contribution in [0.3, 0.4) is 0 Å². The molecule has 0 saturated heterocycles. The molecular weight excluding hydrogens is 172 g/mol. The van der Waals surface area contributed by atoms with Gasteiger partial charge >= 0.3 is 0 Å². The van der Waals surface area contributed by atoms with Crippen molar-refractivity contribution in [2.45, 2.75) is 38.2 Å². The van der Waals surface area contributed by atoms with Crippen molar-refractivity contribution in [1.82, 2.24) is 0 Å². The third-order valence-corrected chi connectivity index (χ3v) is 4.65. The first-order valence-electron chi connectivity index (χ1n) is 5.75.